The number of aromatic nitrogens is 1. The van der Waals surface area contributed by atoms with E-state index in [-0.39, 0.29) is 30.5 Å². The van der Waals surface area contributed by atoms with Crippen LogP contribution in [0.4, 0.5) is 0 Å². The second kappa shape index (κ2) is 7.31. The molecule has 0 saturated carbocycles. The number of ether oxygens (including phenoxy) is 1. The molecule has 4 rings (SSSR count). The SMILES string of the molecule is O=C(COc1cc2n(c1)C1NCCC(=O)C1NC2)NCc1ccccc1. The first kappa shape index (κ1) is 16.8. The molecule has 0 radical (unpaired) electrons. The molecular weight excluding hydrogens is 332 g/mol. The molecule has 136 valence electrons. The molecule has 0 bridgehead atoms. The van der Waals surface area contributed by atoms with Crippen molar-refractivity contribution in [3.63, 3.8) is 0 Å². The fourth-order valence-corrected chi connectivity index (χ4v) is 3.46. The Balaban J connectivity index is 1.34. The second-order valence-electron chi connectivity index (χ2n) is 6.60. The summed E-state index contributed by atoms with van der Waals surface area (Å²) in [7, 11) is 0. The second-order valence-corrected chi connectivity index (χ2v) is 6.60. The summed E-state index contributed by atoms with van der Waals surface area (Å²) in [4.78, 5) is 24.0. The van der Waals surface area contributed by atoms with Crippen LogP contribution in [0.1, 0.15) is 23.8 Å². The Labute approximate surface area is 151 Å². The fourth-order valence-electron chi connectivity index (χ4n) is 3.46. The Hall–Kier alpha value is -2.64. The molecule has 7 heteroatoms. The third kappa shape index (κ3) is 3.49. The summed E-state index contributed by atoms with van der Waals surface area (Å²) >= 11 is 0. The summed E-state index contributed by atoms with van der Waals surface area (Å²) in [5.74, 6) is 0.702. The molecule has 2 aliphatic rings. The van der Waals surface area contributed by atoms with E-state index in [0.29, 0.717) is 31.8 Å². The topological polar surface area (TPSA) is 84.4 Å². The number of rotatable bonds is 5. The van der Waals surface area contributed by atoms with Crippen molar-refractivity contribution in [2.75, 3.05) is 13.2 Å². The number of hydrogen-bond acceptors (Lipinski definition) is 5. The largest absolute Gasteiger partial charge is 0.482 e. The van der Waals surface area contributed by atoms with Gasteiger partial charge in [-0.15, -0.1) is 0 Å². The van der Waals surface area contributed by atoms with E-state index in [2.05, 4.69) is 16.0 Å². The molecular formula is C19H22N4O3. The molecule has 1 aromatic heterocycles. The number of nitrogens with one attached hydrogen (secondary N) is 3. The number of nitrogens with zero attached hydrogens (tertiary/aromatic N) is 1. The summed E-state index contributed by atoms with van der Waals surface area (Å²) in [6.45, 7) is 1.73. The van der Waals surface area contributed by atoms with Crippen molar-refractivity contribution in [2.45, 2.75) is 31.7 Å². The number of piperidine rings is 1. The van der Waals surface area contributed by atoms with E-state index in [0.717, 1.165) is 11.3 Å². The van der Waals surface area contributed by atoms with Crippen molar-refractivity contribution in [2.24, 2.45) is 0 Å². The molecule has 26 heavy (non-hydrogen) atoms. The zero-order valence-electron chi connectivity index (χ0n) is 14.4. The van der Waals surface area contributed by atoms with Crippen molar-refractivity contribution in [3.05, 3.63) is 53.9 Å². The lowest BCUT2D eigenvalue weighted by Gasteiger charge is -2.37. The van der Waals surface area contributed by atoms with Gasteiger partial charge in [0.05, 0.1) is 0 Å². The van der Waals surface area contributed by atoms with Crippen molar-refractivity contribution in [3.8, 4) is 5.75 Å². The number of fused-ring (bicyclic) bond motifs is 3. The van der Waals surface area contributed by atoms with Gasteiger partial charge in [0.2, 0.25) is 0 Å². The van der Waals surface area contributed by atoms with E-state index in [4.69, 9.17) is 4.74 Å². The van der Waals surface area contributed by atoms with E-state index < -0.39 is 0 Å². The molecule has 1 fully saturated rings. The molecule has 0 aliphatic carbocycles. The highest BCUT2D eigenvalue weighted by molar-refractivity contribution is 5.85. The number of benzene rings is 1. The van der Waals surface area contributed by atoms with Crippen molar-refractivity contribution >= 4 is 11.7 Å². The number of carbonyl (C=O) groups is 2. The Morgan fingerprint density at radius 3 is 2.96 bits per heavy atom. The number of Topliss-reactive ketones (excluding diaryl/α,β-unsaturated/α-hetero) is 1. The Morgan fingerprint density at radius 1 is 1.27 bits per heavy atom. The lowest BCUT2D eigenvalue weighted by Crippen LogP contribution is -2.56. The van der Waals surface area contributed by atoms with Gasteiger partial charge in [-0.05, 0) is 5.56 Å². The molecule has 2 aromatic rings. The van der Waals surface area contributed by atoms with Crippen LogP contribution in [0.25, 0.3) is 0 Å². The first-order valence-corrected chi connectivity index (χ1v) is 8.84. The van der Waals surface area contributed by atoms with E-state index in [1.165, 1.54) is 0 Å². The molecule has 7 nitrogen and oxygen atoms in total. The highest BCUT2D eigenvalue weighted by Crippen LogP contribution is 2.27. The van der Waals surface area contributed by atoms with Crippen LogP contribution in [-0.2, 0) is 22.7 Å². The van der Waals surface area contributed by atoms with Crippen LogP contribution in [0.2, 0.25) is 0 Å². The maximum absolute atomic E-state index is 12.0. The lowest BCUT2D eigenvalue weighted by atomic mass is 10.0. The monoisotopic (exact) mass is 354 g/mol. The van der Waals surface area contributed by atoms with Gasteiger partial charge in [-0.3, -0.25) is 20.2 Å². The zero-order valence-corrected chi connectivity index (χ0v) is 14.4. The summed E-state index contributed by atoms with van der Waals surface area (Å²) in [6, 6.07) is 11.5. The molecule has 2 unspecified atom stereocenters. The third-order valence-corrected chi connectivity index (χ3v) is 4.80. The maximum atomic E-state index is 12.0. The van der Waals surface area contributed by atoms with Crippen LogP contribution >= 0.6 is 0 Å². The predicted molar refractivity (Wildman–Crippen MR) is 95.5 cm³/mol. The average molecular weight is 354 g/mol. The van der Waals surface area contributed by atoms with Crippen LogP contribution in [0.3, 0.4) is 0 Å². The van der Waals surface area contributed by atoms with Gasteiger partial charge in [-0.1, -0.05) is 30.3 Å². The van der Waals surface area contributed by atoms with Crippen molar-refractivity contribution in [1.29, 1.82) is 0 Å². The van der Waals surface area contributed by atoms with Gasteiger partial charge in [-0.25, -0.2) is 0 Å². The van der Waals surface area contributed by atoms with Crippen molar-refractivity contribution in [1.82, 2.24) is 20.5 Å². The summed E-state index contributed by atoms with van der Waals surface area (Å²) < 4.78 is 7.68. The van der Waals surface area contributed by atoms with Gasteiger partial charge in [0.15, 0.2) is 12.4 Å². The summed E-state index contributed by atoms with van der Waals surface area (Å²) in [5, 5.41) is 9.49. The average Bonchev–Trinajstić information content (AvgIpc) is 3.09. The minimum atomic E-state index is -0.203. The van der Waals surface area contributed by atoms with E-state index in [9.17, 15) is 9.59 Å². The number of ketones is 1. The highest BCUT2D eigenvalue weighted by atomic mass is 16.5. The Kier molecular flexibility index (Phi) is 4.73. The van der Waals surface area contributed by atoms with Crippen LogP contribution in [0.5, 0.6) is 5.75 Å². The molecule has 2 atom stereocenters. The van der Waals surface area contributed by atoms with Gasteiger partial charge in [0.1, 0.15) is 18.0 Å². The number of amides is 1. The van der Waals surface area contributed by atoms with E-state index >= 15 is 0 Å². The molecule has 2 aliphatic heterocycles. The first-order valence-electron chi connectivity index (χ1n) is 8.84. The van der Waals surface area contributed by atoms with Crippen LogP contribution < -0.4 is 20.7 Å². The zero-order chi connectivity index (χ0) is 17.9. The van der Waals surface area contributed by atoms with E-state index in [1.807, 2.05) is 47.2 Å². The Bertz CT molecular complexity index is 802. The Morgan fingerprint density at radius 2 is 2.12 bits per heavy atom. The van der Waals surface area contributed by atoms with Gasteiger partial charge < -0.3 is 14.6 Å². The quantitative estimate of drug-likeness (QED) is 0.737. The van der Waals surface area contributed by atoms with Crippen LogP contribution in [0.15, 0.2) is 42.6 Å². The molecule has 3 N–H and O–H groups in total. The third-order valence-electron chi connectivity index (χ3n) is 4.80. The lowest BCUT2D eigenvalue weighted by molar-refractivity contribution is -0.124. The molecule has 3 heterocycles. The molecule has 0 spiro atoms. The standard InChI is InChI=1S/C19H22N4O3/c24-16-6-7-20-19-18(16)22-10-14-8-15(11-23(14)19)26-12-17(25)21-9-13-4-2-1-3-5-13/h1-5,8,11,18-20,22H,6-7,9-10,12H2,(H,21,25). The van der Waals surface area contributed by atoms with Gasteiger partial charge >= 0.3 is 0 Å². The van der Waals surface area contributed by atoms with Crippen molar-refractivity contribution < 1.29 is 14.3 Å². The predicted octanol–water partition coefficient (Wildman–Crippen LogP) is 0.716. The molecule has 1 amide bonds. The van der Waals surface area contributed by atoms with Gasteiger partial charge in [-0.2, -0.15) is 0 Å². The maximum Gasteiger partial charge on any atom is 0.258 e. The minimum Gasteiger partial charge on any atom is -0.482 e. The summed E-state index contributed by atoms with van der Waals surface area (Å²) in [5.41, 5.74) is 2.08. The van der Waals surface area contributed by atoms with Crippen LogP contribution in [0, 0.1) is 0 Å². The molecule has 1 aromatic carbocycles. The molecule has 1 saturated heterocycles. The van der Waals surface area contributed by atoms with Gasteiger partial charge in [0, 0.05) is 44.0 Å². The first-order chi connectivity index (χ1) is 12.7. The van der Waals surface area contributed by atoms with E-state index in [1.54, 1.807) is 0 Å². The smallest absolute Gasteiger partial charge is 0.258 e. The summed E-state index contributed by atoms with van der Waals surface area (Å²) in [6.07, 6.45) is 2.32. The van der Waals surface area contributed by atoms with Gasteiger partial charge in [0.25, 0.3) is 5.91 Å². The number of carbonyl (C=O) groups excluding carboxylic acids is 2. The minimum absolute atomic E-state index is 0.0375. The van der Waals surface area contributed by atoms with Crippen LogP contribution in [-0.4, -0.2) is 35.5 Å². The number of hydrogen-bond donors (Lipinski definition) is 3. The highest BCUT2D eigenvalue weighted by Gasteiger charge is 2.36. The fraction of sp³-hybridized carbons (Fsp3) is 0.368. The normalized spacial score (nSPS) is 21.6.